The molecule has 1 aromatic rings. The minimum absolute atomic E-state index is 0.160. The van der Waals surface area contributed by atoms with Gasteiger partial charge in [0.15, 0.2) is 0 Å². The van der Waals surface area contributed by atoms with Crippen LogP contribution in [-0.2, 0) is 11.3 Å². The van der Waals surface area contributed by atoms with Crippen LogP contribution in [0.1, 0.15) is 35.4 Å². The standard InChI is InChI=1S/C13H20N2O3/c1-18-13(17)11-6-5-10(15-11)8-14-7-9-3-2-4-12(9)16/h5-6,9,12,14-16H,2-4,7-8H2,1H3. The van der Waals surface area contributed by atoms with Gasteiger partial charge in [0.25, 0.3) is 0 Å². The zero-order valence-electron chi connectivity index (χ0n) is 10.6. The molecule has 100 valence electrons. The first kappa shape index (κ1) is 13.1. The van der Waals surface area contributed by atoms with Gasteiger partial charge in [-0.05, 0) is 30.9 Å². The highest BCUT2D eigenvalue weighted by atomic mass is 16.5. The lowest BCUT2D eigenvalue weighted by molar-refractivity contribution is 0.0594. The summed E-state index contributed by atoms with van der Waals surface area (Å²) in [5.74, 6) is 0.00695. The maximum Gasteiger partial charge on any atom is 0.354 e. The average molecular weight is 252 g/mol. The second-order valence-corrected chi connectivity index (χ2v) is 4.78. The molecule has 1 heterocycles. The lowest BCUT2D eigenvalue weighted by atomic mass is 10.1. The Hall–Kier alpha value is -1.33. The highest BCUT2D eigenvalue weighted by molar-refractivity contribution is 5.87. The molecule has 0 radical (unpaired) electrons. The molecular formula is C13H20N2O3. The summed E-state index contributed by atoms with van der Waals surface area (Å²) in [6.07, 6.45) is 2.96. The predicted octanol–water partition coefficient (Wildman–Crippen LogP) is 1.05. The average Bonchev–Trinajstić information content (AvgIpc) is 2.99. The molecule has 0 bridgehead atoms. The normalized spacial score (nSPS) is 23.2. The molecule has 0 spiro atoms. The third-order valence-electron chi connectivity index (χ3n) is 3.49. The topological polar surface area (TPSA) is 74.3 Å². The molecule has 3 N–H and O–H groups in total. The number of H-pyrrole nitrogens is 1. The molecule has 0 aromatic carbocycles. The van der Waals surface area contributed by atoms with Crippen LogP contribution in [0, 0.1) is 5.92 Å². The van der Waals surface area contributed by atoms with Gasteiger partial charge in [-0.2, -0.15) is 0 Å². The van der Waals surface area contributed by atoms with Crippen LogP contribution < -0.4 is 5.32 Å². The summed E-state index contributed by atoms with van der Waals surface area (Å²) >= 11 is 0. The number of aliphatic hydroxyl groups is 1. The van der Waals surface area contributed by atoms with Gasteiger partial charge in [-0.3, -0.25) is 0 Å². The maximum atomic E-state index is 11.2. The van der Waals surface area contributed by atoms with Crippen LogP contribution in [0.5, 0.6) is 0 Å². The number of hydrogen-bond acceptors (Lipinski definition) is 4. The van der Waals surface area contributed by atoms with Crippen LogP contribution in [0.3, 0.4) is 0 Å². The summed E-state index contributed by atoms with van der Waals surface area (Å²) in [6, 6.07) is 3.58. The smallest absolute Gasteiger partial charge is 0.354 e. The Bertz CT molecular complexity index is 403. The molecule has 0 amide bonds. The van der Waals surface area contributed by atoms with E-state index in [9.17, 15) is 9.90 Å². The summed E-state index contributed by atoms with van der Waals surface area (Å²) in [5, 5.41) is 13.0. The molecule has 18 heavy (non-hydrogen) atoms. The third kappa shape index (κ3) is 3.11. The number of hydrogen-bond donors (Lipinski definition) is 3. The molecule has 0 aliphatic heterocycles. The number of carbonyl (C=O) groups excluding carboxylic acids is 1. The molecule has 5 heteroatoms. The molecule has 2 unspecified atom stereocenters. The van der Waals surface area contributed by atoms with Crippen molar-refractivity contribution in [2.24, 2.45) is 5.92 Å². The van der Waals surface area contributed by atoms with Crippen molar-refractivity contribution in [1.82, 2.24) is 10.3 Å². The number of aromatic amines is 1. The first-order valence-corrected chi connectivity index (χ1v) is 6.35. The number of methoxy groups -OCH3 is 1. The second kappa shape index (κ2) is 6.02. The summed E-state index contributed by atoms with van der Waals surface area (Å²) < 4.78 is 4.63. The van der Waals surface area contributed by atoms with Gasteiger partial charge in [0.05, 0.1) is 13.2 Å². The summed E-state index contributed by atoms with van der Waals surface area (Å²) in [5.41, 5.74) is 1.41. The Morgan fingerprint density at radius 1 is 1.56 bits per heavy atom. The van der Waals surface area contributed by atoms with E-state index in [1.54, 1.807) is 6.07 Å². The summed E-state index contributed by atoms with van der Waals surface area (Å²) in [6.45, 7) is 1.48. The van der Waals surface area contributed by atoms with E-state index in [1.807, 2.05) is 6.07 Å². The largest absolute Gasteiger partial charge is 0.464 e. The second-order valence-electron chi connectivity index (χ2n) is 4.78. The molecule has 1 aliphatic rings. The molecule has 1 saturated carbocycles. The van der Waals surface area contributed by atoms with Crippen LogP contribution in [0.25, 0.3) is 0 Å². The fourth-order valence-corrected chi connectivity index (χ4v) is 2.42. The van der Waals surface area contributed by atoms with Gasteiger partial charge >= 0.3 is 5.97 Å². The number of carbonyl (C=O) groups is 1. The van der Waals surface area contributed by atoms with Crippen LogP contribution in [0.2, 0.25) is 0 Å². The quantitative estimate of drug-likeness (QED) is 0.685. The van der Waals surface area contributed by atoms with Crippen molar-refractivity contribution in [2.45, 2.75) is 31.9 Å². The predicted molar refractivity (Wildman–Crippen MR) is 67.2 cm³/mol. The first-order valence-electron chi connectivity index (χ1n) is 6.35. The number of esters is 1. The Morgan fingerprint density at radius 2 is 2.39 bits per heavy atom. The Labute approximate surface area is 107 Å². The molecule has 5 nitrogen and oxygen atoms in total. The highest BCUT2D eigenvalue weighted by Crippen LogP contribution is 2.24. The van der Waals surface area contributed by atoms with Crippen LogP contribution in [0.4, 0.5) is 0 Å². The highest BCUT2D eigenvalue weighted by Gasteiger charge is 2.24. The van der Waals surface area contributed by atoms with Gasteiger partial charge in [0.1, 0.15) is 5.69 Å². The van der Waals surface area contributed by atoms with E-state index in [1.165, 1.54) is 7.11 Å². The molecule has 1 aliphatic carbocycles. The number of ether oxygens (including phenoxy) is 1. The minimum Gasteiger partial charge on any atom is -0.464 e. The molecule has 0 saturated heterocycles. The molecular weight excluding hydrogens is 232 g/mol. The number of nitrogens with one attached hydrogen (secondary N) is 2. The van der Waals surface area contributed by atoms with Crippen molar-refractivity contribution in [3.05, 3.63) is 23.5 Å². The van der Waals surface area contributed by atoms with Crippen LogP contribution in [-0.4, -0.2) is 35.8 Å². The van der Waals surface area contributed by atoms with Gasteiger partial charge < -0.3 is 20.1 Å². The van der Waals surface area contributed by atoms with Gasteiger partial charge in [0, 0.05) is 18.8 Å². The monoisotopic (exact) mass is 252 g/mol. The van der Waals surface area contributed by atoms with E-state index in [-0.39, 0.29) is 12.1 Å². The number of rotatable bonds is 5. The van der Waals surface area contributed by atoms with E-state index < -0.39 is 0 Å². The van der Waals surface area contributed by atoms with E-state index in [0.717, 1.165) is 31.5 Å². The minimum atomic E-state index is -0.354. The van der Waals surface area contributed by atoms with E-state index in [2.05, 4.69) is 15.0 Å². The third-order valence-corrected chi connectivity index (χ3v) is 3.49. The van der Waals surface area contributed by atoms with E-state index in [4.69, 9.17) is 0 Å². The van der Waals surface area contributed by atoms with E-state index in [0.29, 0.717) is 18.2 Å². The van der Waals surface area contributed by atoms with Gasteiger partial charge in [-0.15, -0.1) is 0 Å². The van der Waals surface area contributed by atoms with Crippen LogP contribution >= 0.6 is 0 Å². The summed E-state index contributed by atoms with van der Waals surface area (Å²) in [4.78, 5) is 14.2. The number of aromatic nitrogens is 1. The Morgan fingerprint density at radius 3 is 3.06 bits per heavy atom. The molecule has 2 rings (SSSR count). The van der Waals surface area contributed by atoms with Crippen molar-refractivity contribution in [3.8, 4) is 0 Å². The summed E-state index contributed by atoms with van der Waals surface area (Å²) in [7, 11) is 1.36. The van der Waals surface area contributed by atoms with E-state index >= 15 is 0 Å². The Balaban J connectivity index is 1.76. The van der Waals surface area contributed by atoms with Gasteiger partial charge in [-0.25, -0.2) is 4.79 Å². The van der Waals surface area contributed by atoms with Crippen molar-refractivity contribution < 1.29 is 14.6 Å². The SMILES string of the molecule is COC(=O)c1ccc(CNCC2CCCC2O)[nH]1. The van der Waals surface area contributed by atoms with Crippen molar-refractivity contribution in [1.29, 1.82) is 0 Å². The van der Waals surface area contributed by atoms with Crippen molar-refractivity contribution in [3.63, 3.8) is 0 Å². The number of aliphatic hydroxyl groups excluding tert-OH is 1. The zero-order chi connectivity index (χ0) is 13.0. The van der Waals surface area contributed by atoms with Gasteiger partial charge in [0.2, 0.25) is 0 Å². The zero-order valence-corrected chi connectivity index (χ0v) is 10.6. The first-order chi connectivity index (χ1) is 8.70. The molecule has 1 aromatic heterocycles. The lowest BCUT2D eigenvalue weighted by Gasteiger charge is -2.14. The van der Waals surface area contributed by atoms with Crippen LogP contribution in [0.15, 0.2) is 12.1 Å². The Kier molecular flexibility index (Phi) is 4.38. The van der Waals surface area contributed by atoms with Crippen molar-refractivity contribution in [2.75, 3.05) is 13.7 Å². The van der Waals surface area contributed by atoms with Gasteiger partial charge in [-0.1, -0.05) is 6.42 Å². The molecule has 1 fully saturated rings. The lowest BCUT2D eigenvalue weighted by Crippen LogP contribution is -2.27. The fourth-order valence-electron chi connectivity index (χ4n) is 2.42. The van der Waals surface area contributed by atoms with Crippen molar-refractivity contribution >= 4 is 5.97 Å². The molecule has 2 atom stereocenters. The fraction of sp³-hybridized carbons (Fsp3) is 0.615. The maximum absolute atomic E-state index is 11.2.